The highest BCUT2D eigenvalue weighted by molar-refractivity contribution is 8.14. The molecule has 39 heavy (non-hydrogen) atoms. The lowest BCUT2D eigenvalue weighted by atomic mass is 9.77. The molecule has 7 nitrogen and oxygen atoms in total. The van der Waals surface area contributed by atoms with Crippen molar-refractivity contribution >= 4 is 22.8 Å². The molecule has 1 unspecified atom stereocenters. The van der Waals surface area contributed by atoms with Crippen molar-refractivity contribution in [3.05, 3.63) is 34.9 Å². The predicted molar refractivity (Wildman–Crippen MR) is 150 cm³/mol. The van der Waals surface area contributed by atoms with Crippen LogP contribution in [0.5, 0.6) is 11.5 Å². The number of carbonyl (C=O) groups is 2. The Kier molecular flexibility index (Phi) is 6.83. The molecular formula is C31H41NO6S. The molecular weight excluding hydrogens is 514 g/mol. The molecule has 0 N–H and O–H groups in total. The van der Waals surface area contributed by atoms with Gasteiger partial charge in [-0.25, -0.2) is 4.79 Å². The largest absolute Gasteiger partial charge is 0.455 e. The molecule has 0 saturated carbocycles. The van der Waals surface area contributed by atoms with Gasteiger partial charge in [-0.05, 0) is 94.7 Å². The van der Waals surface area contributed by atoms with Gasteiger partial charge in [0.2, 0.25) is 6.79 Å². The Hall–Kier alpha value is -2.03. The zero-order chi connectivity index (χ0) is 27.6. The second kappa shape index (κ2) is 9.81. The third-order valence-corrected chi connectivity index (χ3v) is 10.1. The van der Waals surface area contributed by atoms with Gasteiger partial charge in [-0.2, -0.15) is 0 Å². The first kappa shape index (κ1) is 27.2. The van der Waals surface area contributed by atoms with Crippen LogP contribution >= 0.6 is 11.8 Å². The molecule has 5 aliphatic rings. The maximum atomic E-state index is 14.3. The number of fused-ring (bicyclic) bond motifs is 3. The fourth-order valence-corrected chi connectivity index (χ4v) is 8.57. The number of nitrogens with zero attached hydrogens (tertiary/aromatic N) is 1. The van der Waals surface area contributed by atoms with Crippen LogP contribution in [0.25, 0.3) is 0 Å². The molecule has 1 aliphatic carbocycles. The summed E-state index contributed by atoms with van der Waals surface area (Å²) in [4.78, 5) is 29.9. The van der Waals surface area contributed by atoms with Crippen molar-refractivity contribution in [2.45, 2.75) is 114 Å². The van der Waals surface area contributed by atoms with Gasteiger partial charge in [-0.15, -0.1) is 0 Å². The Morgan fingerprint density at radius 2 is 1.87 bits per heavy atom. The molecule has 2 saturated heterocycles. The minimum Gasteiger partial charge on any atom is -0.455 e. The van der Waals surface area contributed by atoms with E-state index >= 15 is 0 Å². The van der Waals surface area contributed by atoms with E-state index in [1.807, 2.05) is 27.7 Å². The zero-order valence-electron chi connectivity index (χ0n) is 23.8. The van der Waals surface area contributed by atoms with Crippen LogP contribution < -0.4 is 9.47 Å². The lowest BCUT2D eigenvalue weighted by Gasteiger charge is -2.44. The van der Waals surface area contributed by atoms with Gasteiger partial charge in [-0.1, -0.05) is 31.7 Å². The number of benzene rings is 1. The lowest BCUT2D eigenvalue weighted by Crippen LogP contribution is -2.54. The van der Waals surface area contributed by atoms with E-state index in [0.717, 1.165) is 62.3 Å². The summed E-state index contributed by atoms with van der Waals surface area (Å²) in [7, 11) is 0. The molecule has 2 fully saturated rings. The van der Waals surface area contributed by atoms with Gasteiger partial charge in [0.05, 0.1) is 17.6 Å². The standard InChI is InChI=1S/C31H41NO6S/c1-19(2)39-25(33)17-31(11-6-9-29(4,5)38-31)28(34)37-27-20(3)16-30-10-7-12-32(30)13-8-21-14-23-24(36-18-35-23)15-22(21)26(27)30/h14-16,19,26-27H,6-13,17-18H2,1-5H3/t26-,27?,30-,31+/m1/s1. The fraction of sp³-hybridized carbons (Fsp3) is 0.677. The molecule has 1 aromatic carbocycles. The highest BCUT2D eigenvalue weighted by atomic mass is 32.2. The summed E-state index contributed by atoms with van der Waals surface area (Å²) < 4.78 is 24.6. The number of hydrogen-bond acceptors (Lipinski definition) is 8. The molecule has 0 aromatic heterocycles. The van der Waals surface area contributed by atoms with Gasteiger partial charge in [0.25, 0.3) is 0 Å². The minimum atomic E-state index is -1.27. The topological polar surface area (TPSA) is 74.3 Å². The molecule has 0 amide bonds. The van der Waals surface area contributed by atoms with Gasteiger partial charge < -0.3 is 18.9 Å². The summed E-state index contributed by atoms with van der Waals surface area (Å²) in [6.45, 7) is 12.3. The Morgan fingerprint density at radius 3 is 2.62 bits per heavy atom. The number of thioether (sulfide) groups is 1. The SMILES string of the molecule is CC1=C[C@@]23CCCN2CCc2cc4c(cc2[C@@H]3C1OC(=O)[C@@]1(CC(=O)SC(C)C)CCCC(C)(C)O1)OCO4. The average molecular weight is 556 g/mol. The summed E-state index contributed by atoms with van der Waals surface area (Å²) >= 11 is 1.27. The monoisotopic (exact) mass is 555 g/mol. The van der Waals surface area contributed by atoms with E-state index in [-0.39, 0.29) is 35.0 Å². The average Bonchev–Trinajstić information content (AvgIpc) is 3.51. The van der Waals surface area contributed by atoms with Crippen molar-refractivity contribution in [3.8, 4) is 11.5 Å². The van der Waals surface area contributed by atoms with Gasteiger partial charge in [0.1, 0.15) is 6.10 Å². The maximum absolute atomic E-state index is 14.3. The lowest BCUT2D eigenvalue weighted by molar-refractivity contribution is -0.212. The summed E-state index contributed by atoms with van der Waals surface area (Å²) in [6.07, 6.45) is 7.16. The maximum Gasteiger partial charge on any atom is 0.339 e. The first-order valence-corrected chi connectivity index (χ1v) is 15.4. The van der Waals surface area contributed by atoms with E-state index in [4.69, 9.17) is 18.9 Å². The Bertz CT molecular complexity index is 1210. The van der Waals surface area contributed by atoms with E-state index in [2.05, 4.69) is 30.0 Å². The number of carbonyl (C=O) groups excluding carboxylic acids is 2. The second-order valence-electron chi connectivity index (χ2n) is 12.9. The Morgan fingerprint density at radius 1 is 1.10 bits per heavy atom. The molecule has 4 atom stereocenters. The van der Waals surface area contributed by atoms with Crippen molar-refractivity contribution in [1.29, 1.82) is 0 Å². The third kappa shape index (κ3) is 4.70. The minimum absolute atomic E-state index is 0.0238. The van der Waals surface area contributed by atoms with Crippen LogP contribution in [-0.4, -0.2) is 64.0 Å². The molecule has 8 heteroatoms. The van der Waals surface area contributed by atoms with Crippen molar-refractivity contribution in [2.24, 2.45) is 0 Å². The summed E-state index contributed by atoms with van der Waals surface area (Å²) in [6, 6.07) is 4.24. The Labute approximate surface area is 235 Å². The van der Waals surface area contributed by atoms with Gasteiger partial charge in [-0.3, -0.25) is 9.69 Å². The molecule has 0 radical (unpaired) electrons. The quantitative estimate of drug-likeness (QED) is 0.347. The first-order valence-electron chi connectivity index (χ1n) is 14.5. The van der Waals surface area contributed by atoms with Crippen LogP contribution in [0.1, 0.15) is 90.2 Å². The molecule has 212 valence electrons. The predicted octanol–water partition coefficient (Wildman–Crippen LogP) is 5.54. The van der Waals surface area contributed by atoms with E-state index < -0.39 is 23.3 Å². The molecule has 1 aromatic rings. The number of esters is 1. The van der Waals surface area contributed by atoms with Gasteiger partial charge in [0.15, 0.2) is 22.2 Å². The van der Waals surface area contributed by atoms with Gasteiger partial charge >= 0.3 is 5.97 Å². The zero-order valence-corrected chi connectivity index (χ0v) is 24.7. The number of ether oxygens (including phenoxy) is 4. The molecule has 6 rings (SSSR count). The molecule has 1 spiro atoms. The van der Waals surface area contributed by atoms with Crippen LogP contribution in [0.4, 0.5) is 0 Å². The Balaban J connectivity index is 1.37. The van der Waals surface area contributed by atoms with Crippen LogP contribution in [-0.2, 0) is 25.5 Å². The normalized spacial score (nSPS) is 32.7. The van der Waals surface area contributed by atoms with Crippen LogP contribution in [0.15, 0.2) is 23.8 Å². The van der Waals surface area contributed by atoms with Crippen molar-refractivity contribution < 1.29 is 28.5 Å². The van der Waals surface area contributed by atoms with Crippen LogP contribution in [0.3, 0.4) is 0 Å². The fourth-order valence-electron chi connectivity index (χ4n) is 7.73. The second-order valence-corrected chi connectivity index (χ2v) is 14.5. The summed E-state index contributed by atoms with van der Waals surface area (Å²) in [5, 5.41) is 0.120. The molecule has 4 aliphatic heterocycles. The third-order valence-electron chi connectivity index (χ3n) is 9.22. The number of hydrogen-bond donors (Lipinski definition) is 0. The number of rotatable bonds is 5. The highest BCUT2D eigenvalue weighted by Gasteiger charge is 2.58. The van der Waals surface area contributed by atoms with Crippen molar-refractivity contribution in [3.63, 3.8) is 0 Å². The highest BCUT2D eigenvalue weighted by Crippen LogP contribution is 2.56. The molecule has 0 bridgehead atoms. The van der Waals surface area contributed by atoms with Crippen molar-refractivity contribution in [2.75, 3.05) is 19.9 Å². The summed E-state index contributed by atoms with van der Waals surface area (Å²) in [5.74, 6) is 1.10. The van der Waals surface area contributed by atoms with Crippen LogP contribution in [0, 0.1) is 0 Å². The van der Waals surface area contributed by atoms with E-state index in [1.165, 1.54) is 22.9 Å². The van der Waals surface area contributed by atoms with E-state index in [1.54, 1.807) is 0 Å². The van der Waals surface area contributed by atoms with Crippen molar-refractivity contribution in [1.82, 2.24) is 4.90 Å². The first-order chi connectivity index (χ1) is 18.5. The smallest absolute Gasteiger partial charge is 0.339 e. The van der Waals surface area contributed by atoms with E-state index in [9.17, 15) is 9.59 Å². The molecule has 4 heterocycles. The summed E-state index contributed by atoms with van der Waals surface area (Å²) in [5.41, 5.74) is 1.51. The van der Waals surface area contributed by atoms with Crippen LogP contribution in [0.2, 0.25) is 0 Å². The van der Waals surface area contributed by atoms with E-state index in [0.29, 0.717) is 6.42 Å². The van der Waals surface area contributed by atoms with Gasteiger partial charge in [0, 0.05) is 17.7 Å².